The standard InChI is InChI=1S/C16H23NO2/c1-19-13-7-5-12(6-8-13)15-14-4-2-3-9-16(14,18)10-11-17-15/h5-8,14-15,17-18H,2-4,9-11H2,1H3/t14-,15+,16-/m1/s1. The van der Waals surface area contributed by atoms with Crippen molar-refractivity contribution in [2.24, 2.45) is 5.92 Å². The minimum atomic E-state index is -0.450. The minimum absolute atomic E-state index is 0.282. The van der Waals surface area contributed by atoms with Gasteiger partial charge in [0.1, 0.15) is 5.75 Å². The van der Waals surface area contributed by atoms with Gasteiger partial charge in [0, 0.05) is 12.0 Å². The van der Waals surface area contributed by atoms with E-state index in [2.05, 4.69) is 17.4 Å². The summed E-state index contributed by atoms with van der Waals surface area (Å²) in [5.41, 5.74) is 0.819. The van der Waals surface area contributed by atoms with Crippen LogP contribution in [0.5, 0.6) is 5.75 Å². The monoisotopic (exact) mass is 261 g/mol. The summed E-state index contributed by atoms with van der Waals surface area (Å²) in [6, 6.07) is 8.54. The van der Waals surface area contributed by atoms with Crippen molar-refractivity contribution in [1.29, 1.82) is 0 Å². The Bertz CT molecular complexity index is 427. The second-order valence-corrected chi connectivity index (χ2v) is 5.91. The molecule has 0 unspecified atom stereocenters. The molecular weight excluding hydrogens is 238 g/mol. The molecule has 2 N–H and O–H groups in total. The smallest absolute Gasteiger partial charge is 0.118 e. The van der Waals surface area contributed by atoms with E-state index in [1.54, 1.807) is 7.11 Å². The fraction of sp³-hybridized carbons (Fsp3) is 0.625. The topological polar surface area (TPSA) is 41.5 Å². The quantitative estimate of drug-likeness (QED) is 0.860. The highest BCUT2D eigenvalue weighted by Crippen LogP contribution is 2.45. The van der Waals surface area contributed by atoms with Gasteiger partial charge in [0.2, 0.25) is 0 Å². The lowest BCUT2D eigenvalue weighted by Crippen LogP contribution is -2.53. The van der Waals surface area contributed by atoms with Crippen LogP contribution in [0.4, 0.5) is 0 Å². The van der Waals surface area contributed by atoms with Crippen LogP contribution in [0.15, 0.2) is 24.3 Å². The first-order valence-corrected chi connectivity index (χ1v) is 7.33. The molecule has 1 saturated heterocycles. The van der Waals surface area contributed by atoms with E-state index in [0.29, 0.717) is 5.92 Å². The Labute approximate surface area is 115 Å². The average molecular weight is 261 g/mol. The van der Waals surface area contributed by atoms with Crippen LogP contribution >= 0.6 is 0 Å². The van der Waals surface area contributed by atoms with E-state index in [-0.39, 0.29) is 6.04 Å². The molecule has 3 heteroatoms. The van der Waals surface area contributed by atoms with Gasteiger partial charge < -0.3 is 15.2 Å². The Balaban J connectivity index is 1.85. The minimum Gasteiger partial charge on any atom is -0.497 e. The molecule has 1 aliphatic carbocycles. The predicted octanol–water partition coefficient (Wildman–Crippen LogP) is 2.65. The van der Waals surface area contributed by atoms with E-state index in [1.807, 2.05) is 12.1 Å². The Kier molecular flexibility index (Phi) is 3.50. The van der Waals surface area contributed by atoms with Crippen LogP contribution in [0.3, 0.4) is 0 Å². The van der Waals surface area contributed by atoms with Crippen molar-refractivity contribution in [3.63, 3.8) is 0 Å². The molecule has 3 atom stereocenters. The molecule has 0 radical (unpaired) electrons. The molecular formula is C16H23NO2. The summed E-state index contributed by atoms with van der Waals surface area (Å²) in [5, 5.41) is 14.5. The van der Waals surface area contributed by atoms with Gasteiger partial charge >= 0.3 is 0 Å². The van der Waals surface area contributed by atoms with Crippen molar-refractivity contribution >= 4 is 0 Å². The van der Waals surface area contributed by atoms with Crippen LogP contribution in [0, 0.1) is 5.92 Å². The number of aliphatic hydroxyl groups is 1. The number of benzene rings is 1. The number of piperidine rings is 1. The Morgan fingerprint density at radius 1 is 1.21 bits per heavy atom. The summed E-state index contributed by atoms with van der Waals surface area (Å²) < 4.78 is 5.21. The molecule has 3 rings (SSSR count). The number of hydrogen-bond donors (Lipinski definition) is 2. The number of methoxy groups -OCH3 is 1. The third-order valence-corrected chi connectivity index (χ3v) is 4.86. The van der Waals surface area contributed by atoms with Crippen molar-refractivity contribution in [2.45, 2.75) is 43.7 Å². The zero-order valence-electron chi connectivity index (χ0n) is 11.6. The zero-order chi connectivity index (χ0) is 13.3. The maximum absolute atomic E-state index is 10.9. The van der Waals surface area contributed by atoms with Gasteiger partial charge in [-0.2, -0.15) is 0 Å². The fourth-order valence-corrected chi connectivity index (χ4v) is 3.78. The van der Waals surface area contributed by atoms with Crippen LogP contribution in [0.25, 0.3) is 0 Å². The van der Waals surface area contributed by atoms with E-state index in [0.717, 1.165) is 31.6 Å². The molecule has 0 aromatic heterocycles. The Hall–Kier alpha value is -1.06. The van der Waals surface area contributed by atoms with E-state index in [9.17, 15) is 5.11 Å². The second kappa shape index (κ2) is 5.14. The largest absolute Gasteiger partial charge is 0.497 e. The molecule has 3 nitrogen and oxygen atoms in total. The first kappa shape index (κ1) is 12.9. The number of ether oxygens (including phenoxy) is 1. The third-order valence-electron chi connectivity index (χ3n) is 4.86. The number of rotatable bonds is 2. The maximum Gasteiger partial charge on any atom is 0.118 e. The predicted molar refractivity (Wildman–Crippen MR) is 75.3 cm³/mol. The highest BCUT2D eigenvalue weighted by atomic mass is 16.5. The summed E-state index contributed by atoms with van der Waals surface area (Å²) in [7, 11) is 1.69. The molecule has 0 amide bonds. The molecule has 0 spiro atoms. The fourth-order valence-electron chi connectivity index (χ4n) is 3.78. The molecule has 1 aromatic rings. The SMILES string of the molecule is COc1ccc([C@@H]2NCC[C@]3(O)CCCC[C@H]23)cc1. The lowest BCUT2D eigenvalue weighted by atomic mass is 9.67. The summed E-state index contributed by atoms with van der Waals surface area (Å²) >= 11 is 0. The van der Waals surface area contributed by atoms with Crippen LogP contribution in [-0.4, -0.2) is 24.4 Å². The van der Waals surface area contributed by atoms with Crippen molar-refractivity contribution in [3.05, 3.63) is 29.8 Å². The lowest BCUT2D eigenvalue weighted by Gasteiger charge is -2.48. The van der Waals surface area contributed by atoms with Gasteiger partial charge in [0.05, 0.1) is 12.7 Å². The second-order valence-electron chi connectivity index (χ2n) is 5.91. The molecule has 2 fully saturated rings. The normalized spacial score (nSPS) is 34.6. The van der Waals surface area contributed by atoms with Gasteiger partial charge in [-0.05, 0) is 43.5 Å². The van der Waals surface area contributed by atoms with E-state index in [1.165, 1.54) is 18.4 Å². The third kappa shape index (κ3) is 2.37. The Morgan fingerprint density at radius 3 is 2.74 bits per heavy atom. The summed E-state index contributed by atoms with van der Waals surface area (Å²) in [5.74, 6) is 1.24. The molecule has 1 aromatic carbocycles. The Morgan fingerprint density at radius 2 is 2.00 bits per heavy atom. The summed E-state index contributed by atoms with van der Waals surface area (Å²) in [6.45, 7) is 0.906. The highest BCUT2D eigenvalue weighted by Gasteiger charge is 2.45. The van der Waals surface area contributed by atoms with Gasteiger partial charge in [-0.25, -0.2) is 0 Å². The molecule has 19 heavy (non-hydrogen) atoms. The summed E-state index contributed by atoms with van der Waals surface area (Å²) in [4.78, 5) is 0. The van der Waals surface area contributed by atoms with Gasteiger partial charge in [0.25, 0.3) is 0 Å². The summed E-state index contributed by atoms with van der Waals surface area (Å²) in [6.07, 6.45) is 5.39. The molecule has 0 bridgehead atoms. The molecule has 2 aliphatic rings. The highest BCUT2D eigenvalue weighted by molar-refractivity contribution is 5.30. The van der Waals surface area contributed by atoms with Crippen LogP contribution in [0.1, 0.15) is 43.7 Å². The average Bonchev–Trinajstić information content (AvgIpc) is 2.46. The van der Waals surface area contributed by atoms with Crippen LogP contribution < -0.4 is 10.1 Å². The number of hydrogen-bond acceptors (Lipinski definition) is 3. The van der Waals surface area contributed by atoms with Crippen molar-refractivity contribution in [1.82, 2.24) is 5.32 Å². The zero-order valence-corrected chi connectivity index (χ0v) is 11.6. The van der Waals surface area contributed by atoms with Crippen molar-refractivity contribution < 1.29 is 9.84 Å². The van der Waals surface area contributed by atoms with Gasteiger partial charge in [0.15, 0.2) is 0 Å². The molecule has 104 valence electrons. The van der Waals surface area contributed by atoms with Gasteiger partial charge in [-0.15, -0.1) is 0 Å². The maximum atomic E-state index is 10.9. The molecule has 1 aliphatic heterocycles. The van der Waals surface area contributed by atoms with Crippen molar-refractivity contribution in [2.75, 3.05) is 13.7 Å². The lowest BCUT2D eigenvalue weighted by molar-refractivity contribution is -0.0861. The van der Waals surface area contributed by atoms with Crippen molar-refractivity contribution in [3.8, 4) is 5.75 Å². The molecule has 1 saturated carbocycles. The van der Waals surface area contributed by atoms with Gasteiger partial charge in [-0.1, -0.05) is 25.0 Å². The van der Waals surface area contributed by atoms with E-state index >= 15 is 0 Å². The van der Waals surface area contributed by atoms with Gasteiger partial charge in [-0.3, -0.25) is 0 Å². The van der Waals surface area contributed by atoms with Crippen LogP contribution in [0.2, 0.25) is 0 Å². The number of fused-ring (bicyclic) bond motifs is 1. The van der Waals surface area contributed by atoms with Crippen LogP contribution in [-0.2, 0) is 0 Å². The van der Waals surface area contributed by atoms with E-state index < -0.39 is 5.60 Å². The molecule has 1 heterocycles. The van der Waals surface area contributed by atoms with E-state index in [4.69, 9.17) is 4.74 Å². The first-order valence-electron chi connectivity index (χ1n) is 7.33. The number of nitrogens with one attached hydrogen (secondary N) is 1. The first-order chi connectivity index (χ1) is 9.23.